The van der Waals surface area contributed by atoms with E-state index in [0.29, 0.717) is 11.1 Å². The number of hydrogen-bond donors (Lipinski definition) is 1. The van der Waals surface area contributed by atoms with E-state index in [1.165, 1.54) is 17.3 Å². The first kappa shape index (κ1) is 14.7. The Balaban J connectivity index is 2.31. The zero-order valence-electron chi connectivity index (χ0n) is 11.8. The molecule has 0 amide bonds. The molecule has 0 fully saturated rings. The van der Waals surface area contributed by atoms with Gasteiger partial charge in [-0.15, -0.1) is 0 Å². The second-order valence-corrected chi connectivity index (χ2v) is 5.89. The number of hydrogen-bond acceptors (Lipinski definition) is 3. The van der Waals surface area contributed by atoms with Crippen LogP contribution in [-0.2, 0) is 4.79 Å². The van der Waals surface area contributed by atoms with Gasteiger partial charge in [-0.25, -0.2) is 4.98 Å². The highest BCUT2D eigenvalue weighted by Gasteiger charge is 2.11. The lowest BCUT2D eigenvalue weighted by Gasteiger charge is -2.11. The van der Waals surface area contributed by atoms with Gasteiger partial charge in [0.2, 0.25) is 0 Å². The molecule has 0 atom stereocenters. The quantitative estimate of drug-likeness (QED) is 0.857. The third kappa shape index (κ3) is 3.22. The Morgan fingerprint density at radius 2 is 2.00 bits per heavy atom. The lowest BCUT2D eigenvalue weighted by atomic mass is 10.0. The molecule has 4 nitrogen and oxygen atoms in total. The van der Waals surface area contributed by atoms with Crippen LogP contribution in [0.5, 0.6) is 0 Å². The van der Waals surface area contributed by atoms with Gasteiger partial charge >= 0.3 is 5.97 Å². The minimum atomic E-state index is -0.836. The average Bonchev–Trinajstić information content (AvgIpc) is 2.77. The second-order valence-electron chi connectivity index (χ2n) is 4.95. The Bertz CT molecular complexity index is 603. The first-order valence-corrected chi connectivity index (χ1v) is 7.47. The number of imidazole rings is 1. The van der Waals surface area contributed by atoms with Gasteiger partial charge < -0.3 is 5.11 Å². The average molecular weight is 290 g/mol. The first-order chi connectivity index (χ1) is 9.49. The third-order valence-corrected chi connectivity index (χ3v) is 3.99. The maximum Gasteiger partial charge on any atom is 0.313 e. The number of rotatable bonds is 5. The van der Waals surface area contributed by atoms with Gasteiger partial charge in [0.25, 0.3) is 0 Å². The Labute approximate surface area is 122 Å². The Morgan fingerprint density at radius 1 is 1.35 bits per heavy atom. The van der Waals surface area contributed by atoms with Crippen molar-refractivity contribution in [3.63, 3.8) is 0 Å². The molecule has 0 unspecified atom stereocenters. The third-order valence-electron chi connectivity index (χ3n) is 3.05. The molecular weight excluding hydrogens is 272 g/mol. The van der Waals surface area contributed by atoms with E-state index in [1.54, 1.807) is 6.20 Å². The number of aromatic nitrogens is 2. The smallest absolute Gasteiger partial charge is 0.313 e. The van der Waals surface area contributed by atoms with E-state index in [1.807, 2.05) is 11.5 Å². The number of aliphatic carboxylic acids is 1. The summed E-state index contributed by atoms with van der Waals surface area (Å²) in [6.07, 6.45) is 1.76. The molecule has 106 valence electrons. The normalized spacial score (nSPS) is 11.0. The van der Waals surface area contributed by atoms with Crippen molar-refractivity contribution in [1.82, 2.24) is 9.55 Å². The van der Waals surface area contributed by atoms with Crippen LogP contribution in [0.4, 0.5) is 0 Å². The van der Waals surface area contributed by atoms with Gasteiger partial charge in [-0.3, -0.25) is 9.36 Å². The highest BCUT2D eigenvalue weighted by Crippen LogP contribution is 2.24. The van der Waals surface area contributed by atoms with Gasteiger partial charge in [0.1, 0.15) is 0 Å². The molecule has 0 bridgehead atoms. The summed E-state index contributed by atoms with van der Waals surface area (Å²) in [6.45, 7) is 6.28. The van der Waals surface area contributed by atoms with Gasteiger partial charge in [-0.05, 0) is 30.5 Å². The number of carboxylic acid groups (broad SMARTS) is 1. The molecule has 0 spiro atoms. The van der Waals surface area contributed by atoms with Crippen LogP contribution in [0.2, 0.25) is 0 Å². The highest BCUT2D eigenvalue weighted by molar-refractivity contribution is 7.99. The SMILES string of the molecule is Cc1cnc(SCC(=O)O)n1-c1ccc(C(C)C)cc1. The number of nitrogens with zero attached hydrogens (tertiary/aromatic N) is 2. The van der Waals surface area contributed by atoms with Crippen LogP contribution in [0, 0.1) is 6.92 Å². The van der Waals surface area contributed by atoms with Crippen molar-refractivity contribution < 1.29 is 9.90 Å². The number of carboxylic acids is 1. The number of carbonyl (C=O) groups is 1. The van der Waals surface area contributed by atoms with Gasteiger partial charge in [0, 0.05) is 17.6 Å². The van der Waals surface area contributed by atoms with E-state index in [-0.39, 0.29) is 5.75 Å². The van der Waals surface area contributed by atoms with Crippen molar-refractivity contribution in [2.75, 3.05) is 5.75 Å². The van der Waals surface area contributed by atoms with Crippen LogP contribution < -0.4 is 0 Å². The summed E-state index contributed by atoms with van der Waals surface area (Å²) in [7, 11) is 0. The topological polar surface area (TPSA) is 55.1 Å². The summed E-state index contributed by atoms with van der Waals surface area (Å²) >= 11 is 1.23. The second kappa shape index (κ2) is 6.13. The summed E-state index contributed by atoms with van der Waals surface area (Å²) in [6, 6.07) is 8.31. The van der Waals surface area contributed by atoms with Crippen molar-refractivity contribution in [3.8, 4) is 5.69 Å². The minimum Gasteiger partial charge on any atom is -0.481 e. The van der Waals surface area contributed by atoms with Gasteiger partial charge in [0.15, 0.2) is 5.16 Å². The molecule has 1 heterocycles. The highest BCUT2D eigenvalue weighted by atomic mass is 32.2. The van der Waals surface area contributed by atoms with Crippen molar-refractivity contribution >= 4 is 17.7 Å². The van der Waals surface area contributed by atoms with Crippen LogP contribution in [0.15, 0.2) is 35.6 Å². The fourth-order valence-corrected chi connectivity index (χ4v) is 2.72. The van der Waals surface area contributed by atoms with Crippen LogP contribution >= 0.6 is 11.8 Å². The summed E-state index contributed by atoms with van der Waals surface area (Å²) in [5.74, 6) is -0.327. The maximum absolute atomic E-state index is 10.7. The molecule has 20 heavy (non-hydrogen) atoms. The molecular formula is C15H18N2O2S. The minimum absolute atomic E-state index is 0.0144. The van der Waals surface area contributed by atoms with Crippen molar-refractivity contribution in [2.24, 2.45) is 0 Å². The summed E-state index contributed by atoms with van der Waals surface area (Å²) < 4.78 is 1.98. The molecule has 2 rings (SSSR count). The van der Waals surface area contributed by atoms with E-state index < -0.39 is 5.97 Å². The predicted octanol–water partition coefficient (Wildman–Crippen LogP) is 3.48. The largest absolute Gasteiger partial charge is 0.481 e. The van der Waals surface area contributed by atoms with E-state index in [9.17, 15) is 4.79 Å². The van der Waals surface area contributed by atoms with Crippen LogP contribution in [0.25, 0.3) is 5.69 Å². The van der Waals surface area contributed by atoms with Gasteiger partial charge in [-0.2, -0.15) is 0 Å². The molecule has 0 radical (unpaired) electrons. The van der Waals surface area contributed by atoms with Crippen LogP contribution in [0.1, 0.15) is 31.0 Å². The Morgan fingerprint density at radius 3 is 2.55 bits per heavy atom. The van der Waals surface area contributed by atoms with Gasteiger partial charge in [-0.1, -0.05) is 37.7 Å². The number of aryl methyl sites for hydroxylation is 1. The first-order valence-electron chi connectivity index (χ1n) is 6.48. The molecule has 5 heteroatoms. The molecule has 1 aromatic heterocycles. The Hall–Kier alpha value is -1.75. The number of benzene rings is 1. The standard InChI is InChI=1S/C15H18N2O2S/c1-10(2)12-4-6-13(7-5-12)17-11(3)8-16-15(17)20-9-14(18)19/h4-8,10H,9H2,1-3H3,(H,18,19). The molecule has 0 saturated heterocycles. The molecule has 1 aromatic carbocycles. The zero-order valence-corrected chi connectivity index (χ0v) is 12.6. The lowest BCUT2D eigenvalue weighted by molar-refractivity contribution is -0.133. The van der Waals surface area contributed by atoms with Crippen molar-refractivity contribution in [1.29, 1.82) is 0 Å². The van der Waals surface area contributed by atoms with Crippen LogP contribution in [-0.4, -0.2) is 26.4 Å². The van der Waals surface area contributed by atoms with E-state index in [2.05, 4.69) is 43.1 Å². The van der Waals surface area contributed by atoms with Gasteiger partial charge in [0.05, 0.1) is 5.75 Å². The van der Waals surface area contributed by atoms with E-state index >= 15 is 0 Å². The number of thioether (sulfide) groups is 1. The molecule has 0 aliphatic heterocycles. The van der Waals surface area contributed by atoms with Crippen LogP contribution in [0.3, 0.4) is 0 Å². The predicted molar refractivity (Wildman–Crippen MR) is 80.7 cm³/mol. The monoisotopic (exact) mass is 290 g/mol. The van der Waals surface area contributed by atoms with Crippen molar-refractivity contribution in [3.05, 3.63) is 41.7 Å². The summed E-state index contributed by atoms with van der Waals surface area (Å²) in [5.41, 5.74) is 3.29. The molecule has 1 N–H and O–H groups in total. The molecule has 0 saturated carbocycles. The van der Waals surface area contributed by atoms with E-state index in [4.69, 9.17) is 5.11 Å². The fraction of sp³-hybridized carbons (Fsp3) is 0.333. The van der Waals surface area contributed by atoms with Crippen molar-refractivity contribution in [2.45, 2.75) is 31.8 Å². The Kier molecular flexibility index (Phi) is 4.49. The zero-order chi connectivity index (χ0) is 14.7. The molecule has 2 aromatic rings. The summed E-state index contributed by atoms with van der Waals surface area (Å²) in [4.78, 5) is 15.0. The van der Waals surface area contributed by atoms with E-state index in [0.717, 1.165) is 11.4 Å². The lowest BCUT2D eigenvalue weighted by Crippen LogP contribution is -2.03. The maximum atomic E-state index is 10.7. The molecule has 0 aliphatic rings. The fourth-order valence-electron chi connectivity index (χ4n) is 1.97. The molecule has 0 aliphatic carbocycles. The summed E-state index contributed by atoms with van der Waals surface area (Å²) in [5, 5.41) is 9.49.